The van der Waals surface area contributed by atoms with Crippen LogP contribution in [-0.4, -0.2) is 71.6 Å². The first-order valence-electron chi connectivity index (χ1n) is 8.35. The summed E-state index contributed by atoms with van der Waals surface area (Å²) in [5, 5.41) is 0. The molecule has 2 heterocycles. The fraction of sp³-hybridized carbons (Fsp3) is 0.600. The quantitative estimate of drug-likeness (QED) is 0.581. The van der Waals surface area contributed by atoms with Crippen LogP contribution in [-0.2, 0) is 21.4 Å². The zero-order valence-electron chi connectivity index (χ0n) is 15.2. The van der Waals surface area contributed by atoms with E-state index in [0.717, 1.165) is 12.8 Å². The summed E-state index contributed by atoms with van der Waals surface area (Å²) in [7, 11) is -1.89. The van der Waals surface area contributed by atoms with E-state index in [9.17, 15) is 13.2 Å². The number of nitrogens with one attached hydrogen (secondary N) is 1. The molecule has 0 bridgehead atoms. The highest BCUT2D eigenvalue weighted by molar-refractivity contribution is 7.90. The van der Waals surface area contributed by atoms with E-state index < -0.39 is 10.0 Å². The molecule has 11 heteroatoms. The molecule has 0 radical (unpaired) electrons. The predicted molar refractivity (Wildman–Crippen MR) is 98.9 cm³/mol. The Balaban J connectivity index is 2.27. The molecule has 26 heavy (non-hydrogen) atoms. The van der Waals surface area contributed by atoms with Crippen molar-refractivity contribution < 1.29 is 13.2 Å². The summed E-state index contributed by atoms with van der Waals surface area (Å²) < 4.78 is 33.4. The van der Waals surface area contributed by atoms with E-state index in [0.29, 0.717) is 37.4 Å². The molecule has 0 aromatic carbocycles. The Morgan fingerprint density at radius 3 is 2.85 bits per heavy atom. The first kappa shape index (κ1) is 20.2. The van der Waals surface area contributed by atoms with Gasteiger partial charge in [0.15, 0.2) is 11.5 Å². The lowest BCUT2D eigenvalue weighted by Gasteiger charge is -2.20. The predicted octanol–water partition coefficient (Wildman–Crippen LogP) is 0.204. The summed E-state index contributed by atoms with van der Waals surface area (Å²) >= 11 is 0. The number of rotatable bonds is 10. The highest BCUT2D eigenvalue weighted by atomic mass is 32.2. The molecule has 1 N–H and O–H groups in total. The van der Waals surface area contributed by atoms with Crippen LogP contribution in [0.25, 0.3) is 11.2 Å². The molecule has 2 aromatic heterocycles. The Morgan fingerprint density at radius 2 is 2.19 bits per heavy atom. The van der Waals surface area contributed by atoms with E-state index in [1.807, 2.05) is 11.8 Å². The number of H-pyrrole nitrogens is 1. The zero-order valence-corrected chi connectivity index (χ0v) is 16.0. The van der Waals surface area contributed by atoms with E-state index in [2.05, 4.69) is 19.3 Å². The third-order valence-electron chi connectivity index (χ3n) is 3.74. The van der Waals surface area contributed by atoms with Crippen LogP contribution in [0.4, 0.5) is 0 Å². The summed E-state index contributed by atoms with van der Waals surface area (Å²) in [6.07, 6.45) is 3.06. The second kappa shape index (κ2) is 9.01. The number of ether oxygens (including phenoxy) is 1. The minimum atomic E-state index is -3.52. The van der Waals surface area contributed by atoms with Gasteiger partial charge in [0.1, 0.15) is 5.52 Å². The molecule has 0 aliphatic carbocycles. The van der Waals surface area contributed by atoms with Gasteiger partial charge in [0.2, 0.25) is 0 Å². The molecule has 0 saturated carbocycles. The molecule has 0 fully saturated rings. The van der Waals surface area contributed by atoms with E-state index in [1.54, 1.807) is 14.0 Å². The van der Waals surface area contributed by atoms with Gasteiger partial charge in [-0.25, -0.2) is 23.2 Å². The molecule has 0 amide bonds. The van der Waals surface area contributed by atoms with E-state index in [1.165, 1.54) is 10.8 Å². The van der Waals surface area contributed by atoms with Crippen LogP contribution < -0.4 is 5.69 Å². The maximum atomic E-state index is 12.2. The van der Waals surface area contributed by atoms with Crippen LogP contribution in [0.15, 0.2) is 15.4 Å². The smallest absolute Gasteiger partial charge is 0.328 e. The molecule has 0 saturated heterocycles. The molecular formula is C15H24N6O4S. The monoisotopic (exact) mass is 384 g/mol. The summed E-state index contributed by atoms with van der Waals surface area (Å²) in [5.41, 5.74) is 0.569. The second-order valence-corrected chi connectivity index (χ2v) is 7.47. The molecule has 10 nitrogen and oxygen atoms in total. The van der Waals surface area contributed by atoms with Gasteiger partial charge in [-0.3, -0.25) is 14.5 Å². The fourth-order valence-electron chi connectivity index (χ4n) is 2.35. The maximum absolute atomic E-state index is 12.2. The van der Waals surface area contributed by atoms with Gasteiger partial charge in [-0.2, -0.15) is 4.40 Å². The van der Waals surface area contributed by atoms with E-state index in [-0.39, 0.29) is 17.3 Å². The summed E-state index contributed by atoms with van der Waals surface area (Å²) in [6.45, 7) is 6.14. The number of hydrogen-bond acceptors (Lipinski definition) is 7. The zero-order chi connectivity index (χ0) is 19.2. The Hall–Kier alpha value is -2.11. The lowest BCUT2D eigenvalue weighted by atomic mass is 10.5. The summed E-state index contributed by atoms with van der Waals surface area (Å²) in [5.74, 6) is 0.0881. The number of imidazole rings is 1. The van der Waals surface area contributed by atoms with Crippen LogP contribution in [0.3, 0.4) is 0 Å². The fourth-order valence-corrected chi connectivity index (χ4v) is 3.22. The normalized spacial score (nSPS) is 12.6. The number of likely N-dealkylation sites (N-methyl/N-ethyl adjacent to an activating group) is 1. The topological polar surface area (TPSA) is 123 Å². The van der Waals surface area contributed by atoms with Crippen LogP contribution in [0.2, 0.25) is 0 Å². The molecule has 0 aliphatic rings. The van der Waals surface area contributed by atoms with Crippen molar-refractivity contribution in [1.82, 2.24) is 24.4 Å². The molecule has 2 rings (SSSR count). The first-order valence-corrected chi connectivity index (χ1v) is 9.96. The number of sulfonamides is 1. The number of nitrogens with zero attached hydrogens (tertiary/aromatic N) is 5. The number of fused-ring (bicyclic) bond motifs is 1. The molecule has 0 atom stereocenters. The van der Waals surface area contributed by atoms with Gasteiger partial charge < -0.3 is 4.74 Å². The Bertz CT molecular complexity index is 918. The average Bonchev–Trinajstić information content (AvgIpc) is 2.91. The van der Waals surface area contributed by atoms with Gasteiger partial charge in [0.25, 0.3) is 10.0 Å². The van der Waals surface area contributed by atoms with Gasteiger partial charge in [0, 0.05) is 13.7 Å². The van der Waals surface area contributed by atoms with Crippen LogP contribution in [0.5, 0.6) is 0 Å². The van der Waals surface area contributed by atoms with Crippen molar-refractivity contribution in [3.05, 3.63) is 22.5 Å². The van der Waals surface area contributed by atoms with Gasteiger partial charge in [-0.15, -0.1) is 0 Å². The van der Waals surface area contributed by atoms with Crippen molar-refractivity contribution in [3.8, 4) is 0 Å². The van der Waals surface area contributed by atoms with Crippen molar-refractivity contribution in [3.63, 3.8) is 0 Å². The van der Waals surface area contributed by atoms with Crippen molar-refractivity contribution >= 4 is 27.4 Å². The third-order valence-corrected chi connectivity index (χ3v) is 5.09. The lowest BCUT2D eigenvalue weighted by Crippen LogP contribution is -2.33. The van der Waals surface area contributed by atoms with Gasteiger partial charge in [-0.05, 0) is 13.0 Å². The molecular weight excluding hydrogens is 360 g/mol. The number of aromatic nitrogens is 4. The average molecular weight is 384 g/mol. The Labute approximate surface area is 152 Å². The number of hydrogen-bond donors (Lipinski definition) is 1. The van der Waals surface area contributed by atoms with Crippen molar-refractivity contribution in [2.45, 2.75) is 26.9 Å². The van der Waals surface area contributed by atoms with Crippen LogP contribution in [0, 0.1) is 0 Å². The molecule has 0 spiro atoms. The first-order chi connectivity index (χ1) is 12.4. The van der Waals surface area contributed by atoms with Crippen LogP contribution >= 0.6 is 0 Å². The van der Waals surface area contributed by atoms with Crippen molar-refractivity contribution in [1.29, 1.82) is 0 Å². The Morgan fingerprint density at radius 1 is 1.42 bits per heavy atom. The van der Waals surface area contributed by atoms with E-state index in [4.69, 9.17) is 4.74 Å². The van der Waals surface area contributed by atoms with Gasteiger partial charge in [0.05, 0.1) is 31.4 Å². The molecule has 0 aliphatic heterocycles. The molecule has 0 unspecified atom stereocenters. The second-order valence-electron chi connectivity index (χ2n) is 5.69. The minimum absolute atomic E-state index is 0.0344. The third kappa shape index (κ3) is 5.19. The largest absolute Gasteiger partial charge is 0.383 e. The summed E-state index contributed by atoms with van der Waals surface area (Å²) in [6, 6.07) is 0. The number of aromatic amines is 1. The van der Waals surface area contributed by atoms with Crippen molar-refractivity contribution in [2.24, 2.45) is 4.40 Å². The highest BCUT2D eigenvalue weighted by Crippen LogP contribution is 2.07. The standard InChI is InChI=1S/C15H24N6O4S/c1-4-8-26(23,24)17-10-13-16-9-12-14(18-13)19-15(22)21(12)11-20(5-2)6-7-25-3/h9-10H,4-8,11H2,1-3H3,(H,16,18,19,22). The molecule has 144 valence electrons. The SMILES string of the molecule is CCCS(=O)(=O)N=Cc1ncc2c(n1)[nH]c(=O)n2CN(CC)CCOC. The Kier molecular flexibility index (Phi) is 7.00. The van der Waals surface area contributed by atoms with Crippen LogP contribution in [0.1, 0.15) is 26.1 Å². The van der Waals surface area contributed by atoms with E-state index >= 15 is 0 Å². The lowest BCUT2D eigenvalue weighted by molar-refractivity contribution is 0.133. The van der Waals surface area contributed by atoms with Gasteiger partial charge in [-0.1, -0.05) is 13.8 Å². The highest BCUT2D eigenvalue weighted by Gasteiger charge is 2.12. The molecule has 2 aromatic rings. The number of methoxy groups -OCH3 is 1. The maximum Gasteiger partial charge on any atom is 0.328 e. The van der Waals surface area contributed by atoms with Crippen molar-refractivity contribution in [2.75, 3.05) is 32.6 Å². The summed E-state index contributed by atoms with van der Waals surface area (Å²) in [4.78, 5) is 25.2. The minimum Gasteiger partial charge on any atom is -0.383 e. The van der Waals surface area contributed by atoms with Gasteiger partial charge >= 0.3 is 5.69 Å².